The van der Waals surface area contributed by atoms with Gasteiger partial charge < -0.3 is 5.11 Å². The van der Waals surface area contributed by atoms with Crippen molar-refractivity contribution in [1.29, 1.82) is 5.26 Å². The van der Waals surface area contributed by atoms with E-state index in [-0.39, 0.29) is 30.2 Å². The Labute approximate surface area is 124 Å². The zero-order valence-electron chi connectivity index (χ0n) is 11.7. The SMILES string of the molecule is CCC(CNS(=O)(=O)c1ccc(CC#N)cc1)CC(=O)O. The first kappa shape index (κ1) is 17.1. The van der Waals surface area contributed by atoms with Crippen molar-refractivity contribution in [3.63, 3.8) is 0 Å². The quantitative estimate of drug-likeness (QED) is 0.757. The highest BCUT2D eigenvalue weighted by Gasteiger charge is 2.17. The van der Waals surface area contributed by atoms with E-state index in [4.69, 9.17) is 10.4 Å². The number of hydrogen-bond acceptors (Lipinski definition) is 4. The van der Waals surface area contributed by atoms with E-state index in [1.807, 2.05) is 13.0 Å². The van der Waals surface area contributed by atoms with E-state index < -0.39 is 16.0 Å². The molecule has 1 rings (SSSR count). The number of hydrogen-bond donors (Lipinski definition) is 2. The molecule has 1 unspecified atom stereocenters. The molecule has 0 radical (unpaired) electrons. The third-order valence-electron chi connectivity index (χ3n) is 3.12. The van der Waals surface area contributed by atoms with Gasteiger partial charge in [0.25, 0.3) is 0 Å². The third-order valence-corrected chi connectivity index (χ3v) is 4.56. The van der Waals surface area contributed by atoms with E-state index in [1.54, 1.807) is 12.1 Å². The van der Waals surface area contributed by atoms with Gasteiger partial charge in [-0.25, -0.2) is 13.1 Å². The van der Waals surface area contributed by atoms with Crippen LogP contribution in [-0.4, -0.2) is 26.0 Å². The Kier molecular flexibility index (Phi) is 6.34. The van der Waals surface area contributed by atoms with Crippen LogP contribution >= 0.6 is 0 Å². The molecule has 7 heteroatoms. The lowest BCUT2D eigenvalue weighted by Gasteiger charge is -2.13. The van der Waals surface area contributed by atoms with Crippen LogP contribution < -0.4 is 4.72 Å². The van der Waals surface area contributed by atoms with Crippen molar-refractivity contribution in [2.75, 3.05) is 6.54 Å². The highest BCUT2D eigenvalue weighted by molar-refractivity contribution is 7.89. The van der Waals surface area contributed by atoms with E-state index in [2.05, 4.69) is 4.72 Å². The largest absolute Gasteiger partial charge is 0.481 e. The minimum atomic E-state index is -3.66. The maximum atomic E-state index is 12.1. The zero-order chi connectivity index (χ0) is 15.9. The predicted molar refractivity (Wildman–Crippen MR) is 77.0 cm³/mol. The van der Waals surface area contributed by atoms with Crippen molar-refractivity contribution in [3.8, 4) is 6.07 Å². The minimum absolute atomic E-state index is 0.0693. The van der Waals surface area contributed by atoms with E-state index in [1.165, 1.54) is 12.1 Å². The number of sulfonamides is 1. The van der Waals surface area contributed by atoms with Crippen LogP contribution in [0.4, 0.5) is 0 Å². The topological polar surface area (TPSA) is 107 Å². The van der Waals surface area contributed by atoms with Crippen LogP contribution in [0.15, 0.2) is 29.2 Å². The van der Waals surface area contributed by atoms with Gasteiger partial charge in [-0.05, 0) is 23.6 Å². The number of aliphatic carboxylic acids is 1. The molecule has 0 spiro atoms. The Morgan fingerprint density at radius 1 is 1.38 bits per heavy atom. The number of carbonyl (C=O) groups is 1. The first-order chi connectivity index (χ1) is 9.89. The number of rotatable bonds is 8. The van der Waals surface area contributed by atoms with Crippen LogP contribution in [0.1, 0.15) is 25.3 Å². The fraction of sp³-hybridized carbons (Fsp3) is 0.429. The van der Waals surface area contributed by atoms with E-state index in [9.17, 15) is 13.2 Å². The average Bonchev–Trinajstić information content (AvgIpc) is 2.44. The summed E-state index contributed by atoms with van der Waals surface area (Å²) in [4.78, 5) is 10.8. The van der Waals surface area contributed by atoms with Crippen LogP contribution in [0, 0.1) is 17.2 Å². The van der Waals surface area contributed by atoms with Crippen LogP contribution in [0.2, 0.25) is 0 Å². The first-order valence-electron chi connectivity index (χ1n) is 6.56. The Balaban J connectivity index is 2.72. The summed E-state index contributed by atoms with van der Waals surface area (Å²) in [5, 5.41) is 17.3. The Bertz CT molecular complexity index is 617. The molecule has 0 aromatic heterocycles. The second-order valence-electron chi connectivity index (χ2n) is 4.70. The molecule has 0 fully saturated rings. The van der Waals surface area contributed by atoms with E-state index in [0.717, 1.165) is 5.56 Å². The third kappa shape index (κ3) is 5.53. The van der Waals surface area contributed by atoms with Gasteiger partial charge in [-0.2, -0.15) is 5.26 Å². The maximum absolute atomic E-state index is 12.1. The second-order valence-corrected chi connectivity index (χ2v) is 6.47. The Morgan fingerprint density at radius 3 is 2.48 bits per heavy atom. The molecular weight excluding hydrogens is 292 g/mol. The van der Waals surface area contributed by atoms with Gasteiger partial charge in [0.1, 0.15) is 0 Å². The first-order valence-corrected chi connectivity index (χ1v) is 8.04. The number of nitrogens with one attached hydrogen (secondary N) is 1. The van der Waals surface area contributed by atoms with Crippen molar-refractivity contribution in [3.05, 3.63) is 29.8 Å². The molecule has 2 N–H and O–H groups in total. The van der Waals surface area contributed by atoms with Crippen molar-refractivity contribution >= 4 is 16.0 Å². The molecule has 0 amide bonds. The number of carboxylic acid groups (broad SMARTS) is 1. The minimum Gasteiger partial charge on any atom is -0.481 e. The highest BCUT2D eigenvalue weighted by Crippen LogP contribution is 2.13. The van der Waals surface area contributed by atoms with Crippen molar-refractivity contribution in [2.45, 2.75) is 31.1 Å². The smallest absolute Gasteiger partial charge is 0.303 e. The Morgan fingerprint density at radius 2 is 2.00 bits per heavy atom. The summed E-state index contributed by atoms with van der Waals surface area (Å²) < 4.78 is 26.6. The summed E-state index contributed by atoms with van der Waals surface area (Å²) in [6, 6.07) is 8.04. The van der Waals surface area contributed by atoms with Gasteiger partial charge in [-0.15, -0.1) is 0 Å². The molecule has 0 bridgehead atoms. The lowest BCUT2D eigenvalue weighted by molar-refractivity contribution is -0.138. The van der Waals surface area contributed by atoms with Crippen molar-refractivity contribution < 1.29 is 18.3 Å². The molecule has 1 aromatic rings. The van der Waals surface area contributed by atoms with Crippen molar-refractivity contribution in [2.24, 2.45) is 5.92 Å². The number of nitriles is 1. The van der Waals surface area contributed by atoms with Crippen LogP contribution in [0.25, 0.3) is 0 Å². The van der Waals surface area contributed by atoms with Gasteiger partial charge in [0.15, 0.2) is 0 Å². The van der Waals surface area contributed by atoms with Gasteiger partial charge in [-0.1, -0.05) is 25.5 Å². The molecule has 1 atom stereocenters. The maximum Gasteiger partial charge on any atom is 0.303 e. The molecule has 0 aliphatic carbocycles. The van der Waals surface area contributed by atoms with Crippen LogP contribution in [0.5, 0.6) is 0 Å². The van der Waals surface area contributed by atoms with Gasteiger partial charge in [0.2, 0.25) is 10.0 Å². The number of benzene rings is 1. The lowest BCUT2D eigenvalue weighted by Crippen LogP contribution is -2.30. The summed E-state index contributed by atoms with van der Waals surface area (Å²) in [7, 11) is -3.66. The fourth-order valence-electron chi connectivity index (χ4n) is 1.80. The normalized spacial score (nSPS) is 12.6. The van der Waals surface area contributed by atoms with Crippen molar-refractivity contribution in [1.82, 2.24) is 4.72 Å². The molecule has 1 aromatic carbocycles. The van der Waals surface area contributed by atoms with Crippen LogP contribution in [0.3, 0.4) is 0 Å². The number of carboxylic acids is 1. The van der Waals surface area contributed by atoms with Crippen LogP contribution in [-0.2, 0) is 21.2 Å². The van der Waals surface area contributed by atoms with Gasteiger partial charge in [0, 0.05) is 13.0 Å². The molecule has 0 saturated carbocycles. The average molecular weight is 310 g/mol. The summed E-state index contributed by atoms with van der Waals surface area (Å²) in [5.74, 6) is -1.18. The van der Waals surface area contributed by atoms with E-state index >= 15 is 0 Å². The molecule has 21 heavy (non-hydrogen) atoms. The summed E-state index contributed by atoms with van der Waals surface area (Å²) in [6.45, 7) is 1.91. The molecule has 0 aliphatic heterocycles. The number of nitrogens with zero attached hydrogens (tertiary/aromatic N) is 1. The molecular formula is C14H18N2O4S. The van der Waals surface area contributed by atoms with Gasteiger partial charge >= 0.3 is 5.97 Å². The monoisotopic (exact) mass is 310 g/mol. The van der Waals surface area contributed by atoms with Gasteiger partial charge in [0.05, 0.1) is 17.4 Å². The fourth-order valence-corrected chi connectivity index (χ4v) is 2.91. The van der Waals surface area contributed by atoms with Gasteiger partial charge in [-0.3, -0.25) is 4.79 Å². The zero-order valence-corrected chi connectivity index (χ0v) is 12.6. The molecule has 114 valence electrons. The molecule has 0 heterocycles. The predicted octanol–water partition coefficient (Wildman–Crippen LogP) is 1.53. The molecule has 6 nitrogen and oxygen atoms in total. The summed E-state index contributed by atoms with van der Waals surface area (Å²) in [5.41, 5.74) is 0.744. The molecule has 0 aliphatic rings. The van der Waals surface area contributed by atoms with E-state index in [0.29, 0.717) is 6.42 Å². The molecule has 0 saturated heterocycles. The lowest BCUT2D eigenvalue weighted by atomic mass is 10.0. The standard InChI is InChI=1S/C14H18N2O4S/c1-2-11(9-14(17)18)10-16-21(19,20)13-5-3-12(4-6-13)7-8-15/h3-6,11,16H,2,7,9-10H2,1H3,(H,17,18). The summed E-state index contributed by atoms with van der Waals surface area (Å²) >= 11 is 0. The highest BCUT2D eigenvalue weighted by atomic mass is 32.2. The Hall–Kier alpha value is -1.91. The second kappa shape index (κ2) is 7.76. The summed E-state index contributed by atoms with van der Waals surface area (Å²) in [6.07, 6.45) is 0.736.